The van der Waals surface area contributed by atoms with Gasteiger partial charge in [0.2, 0.25) is 0 Å². The van der Waals surface area contributed by atoms with Crippen LogP contribution in [0.4, 0.5) is 0 Å². The molecule has 1 unspecified atom stereocenters. The zero-order chi connectivity index (χ0) is 11.5. The quantitative estimate of drug-likeness (QED) is 0.856. The van der Waals surface area contributed by atoms with Crippen molar-refractivity contribution in [2.45, 2.75) is 6.04 Å². The number of hydrogen-bond donors (Lipinski definition) is 2. The summed E-state index contributed by atoms with van der Waals surface area (Å²) in [4.78, 5) is 0. The summed E-state index contributed by atoms with van der Waals surface area (Å²) in [5.74, 6) is 0.701. The van der Waals surface area contributed by atoms with Crippen LogP contribution in [0, 0.1) is 0 Å². The SMILES string of the molecule is COc1c(Cl)cc(Cl)cc1C1CNCCN1. The minimum absolute atomic E-state index is 0.194. The first-order valence-electron chi connectivity index (χ1n) is 5.19. The summed E-state index contributed by atoms with van der Waals surface area (Å²) in [6.07, 6.45) is 0. The van der Waals surface area contributed by atoms with E-state index < -0.39 is 0 Å². The average molecular weight is 261 g/mol. The first-order chi connectivity index (χ1) is 7.72. The van der Waals surface area contributed by atoms with Crippen molar-refractivity contribution in [1.82, 2.24) is 10.6 Å². The van der Waals surface area contributed by atoms with Crippen molar-refractivity contribution in [3.05, 3.63) is 27.7 Å². The van der Waals surface area contributed by atoms with E-state index in [0.29, 0.717) is 15.8 Å². The number of nitrogens with one attached hydrogen (secondary N) is 2. The number of halogens is 2. The van der Waals surface area contributed by atoms with Crippen LogP contribution < -0.4 is 15.4 Å². The van der Waals surface area contributed by atoms with E-state index in [9.17, 15) is 0 Å². The van der Waals surface area contributed by atoms with E-state index in [2.05, 4.69) is 10.6 Å². The van der Waals surface area contributed by atoms with Gasteiger partial charge in [0.05, 0.1) is 12.1 Å². The summed E-state index contributed by atoms with van der Waals surface area (Å²) in [7, 11) is 1.62. The lowest BCUT2D eigenvalue weighted by atomic mass is 10.0. The molecule has 0 spiro atoms. The highest BCUT2D eigenvalue weighted by molar-refractivity contribution is 6.35. The minimum Gasteiger partial charge on any atom is -0.495 e. The molecular formula is C11H14Cl2N2O. The van der Waals surface area contributed by atoms with Crippen LogP contribution in [0.2, 0.25) is 10.0 Å². The fraction of sp³-hybridized carbons (Fsp3) is 0.455. The molecule has 5 heteroatoms. The van der Waals surface area contributed by atoms with Crippen molar-refractivity contribution in [3.8, 4) is 5.75 Å². The van der Waals surface area contributed by atoms with E-state index in [1.807, 2.05) is 6.07 Å². The Hall–Kier alpha value is -0.480. The lowest BCUT2D eigenvalue weighted by Crippen LogP contribution is -2.42. The summed E-state index contributed by atoms with van der Waals surface area (Å²) >= 11 is 12.1. The predicted molar refractivity (Wildman–Crippen MR) is 66.6 cm³/mol. The van der Waals surface area contributed by atoms with Crippen LogP contribution in [-0.2, 0) is 0 Å². The van der Waals surface area contributed by atoms with Crippen molar-refractivity contribution in [2.75, 3.05) is 26.7 Å². The molecule has 1 atom stereocenters. The van der Waals surface area contributed by atoms with Crippen LogP contribution in [-0.4, -0.2) is 26.7 Å². The second-order valence-electron chi connectivity index (χ2n) is 3.72. The van der Waals surface area contributed by atoms with E-state index in [1.54, 1.807) is 13.2 Å². The maximum atomic E-state index is 6.10. The molecule has 0 bridgehead atoms. The molecule has 0 aliphatic carbocycles. The van der Waals surface area contributed by atoms with Crippen LogP contribution in [0.3, 0.4) is 0 Å². The molecule has 0 amide bonds. The fourth-order valence-corrected chi connectivity index (χ4v) is 2.51. The van der Waals surface area contributed by atoms with Gasteiger partial charge in [0, 0.05) is 36.3 Å². The van der Waals surface area contributed by atoms with E-state index in [-0.39, 0.29) is 6.04 Å². The molecular weight excluding hydrogens is 247 g/mol. The molecule has 0 aromatic heterocycles. The van der Waals surface area contributed by atoms with Crippen molar-refractivity contribution < 1.29 is 4.74 Å². The molecule has 2 N–H and O–H groups in total. The van der Waals surface area contributed by atoms with Gasteiger partial charge in [-0.2, -0.15) is 0 Å². The first-order valence-corrected chi connectivity index (χ1v) is 5.95. The number of hydrogen-bond acceptors (Lipinski definition) is 3. The molecule has 1 aromatic rings. The Morgan fingerprint density at radius 2 is 2.12 bits per heavy atom. The molecule has 0 saturated carbocycles. The first kappa shape index (κ1) is 12.0. The van der Waals surface area contributed by atoms with Crippen LogP contribution in [0.25, 0.3) is 0 Å². The van der Waals surface area contributed by atoms with Crippen molar-refractivity contribution >= 4 is 23.2 Å². The van der Waals surface area contributed by atoms with Gasteiger partial charge >= 0.3 is 0 Å². The topological polar surface area (TPSA) is 33.3 Å². The van der Waals surface area contributed by atoms with Gasteiger partial charge in [-0.3, -0.25) is 0 Å². The second kappa shape index (κ2) is 5.23. The minimum atomic E-state index is 0.194. The van der Waals surface area contributed by atoms with E-state index in [0.717, 1.165) is 25.2 Å². The third-order valence-corrected chi connectivity index (χ3v) is 3.16. The number of benzene rings is 1. The van der Waals surface area contributed by atoms with Gasteiger partial charge in [-0.05, 0) is 12.1 Å². The van der Waals surface area contributed by atoms with Gasteiger partial charge < -0.3 is 15.4 Å². The third-order valence-electron chi connectivity index (χ3n) is 2.66. The molecule has 1 heterocycles. The molecule has 88 valence electrons. The Morgan fingerprint density at radius 1 is 1.31 bits per heavy atom. The number of ether oxygens (including phenoxy) is 1. The van der Waals surface area contributed by atoms with Crippen molar-refractivity contribution in [2.24, 2.45) is 0 Å². The van der Waals surface area contributed by atoms with Gasteiger partial charge in [0.25, 0.3) is 0 Å². The fourth-order valence-electron chi connectivity index (χ4n) is 1.93. The average Bonchev–Trinajstić information content (AvgIpc) is 2.29. The molecule has 1 aromatic carbocycles. The second-order valence-corrected chi connectivity index (χ2v) is 4.56. The molecule has 1 aliphatic rings. The Morgan fingerprint density at radius 3 is 2.75 bits per heavy atom. The normalized spacial score (nSPS) is 20.8. The van der Waals surface area contributed by atoms with E-state index >= 15 is 0 Å². The Balaban J connectivity index is 2.36. The third kappa shape index (κ3) is 2.43. The Bertz CT molecular complexity index is 378. The standard InChI is InChI=1S/C11H14Cl2N2O/c1-16-11-8(4-7(12)5-9(11)13)10-6-14-2-3-15-10/h4-5,10,14-15H,2-3,6H2,1H3. The Kier molecular flexibility index (Phi) is 3.92. The maximum Gasteiger partial charge on any atom is 0.142 e. The number of rotatable bonds is 2. The summed E-state index contributed by atoms with van der Waals surface area (Å²) in [5.41, 5.74) is 1.01. The number of methoxy groups -OCH3 is 1. The van der Waals surface area contributed by atoms with E-state index in [1.165, 1.54) is 0 Å². The molecule has 16 heavy (non-hydrogen) atoms. The van der Waals surface area contributed by atoms with Gasteiger partial charge in [-0.15, -0.1) is 0 Å². The molecule has 0 radical (unpaired) electrons. The van der Waals surface area contributed by atoms with Gasteiger partial charge in [-0.1, -0.05) is 23.2 Å². The molecule has 1 saturated heterocycles. The summed E-state index contributed by atoms with van der Waals surface area (Å²) in [6, 6.07) is 3.79. The lowest BCUT2D eigenvalue weighted by molar-refractivity contribution is 0.382. The highest BCUT2D eigenvalue weighted by Crippen LogP contribution is 2.35. The molecule has 1 fully saturated rings. The molecule has 3 nitrogen and oxygen atoms in total. The summed E-state index contributed by atoms with van der Waals surface area (Å²) < 4.78 is 5.33. The van der Waals surface area contributed by atoms with Crippen LogP contribution in [0.15, 0.2) is 12.1 Å². The monoisotopic (exact) mass is 260 g/mol. The van der Waals surface area contributed by atoms with Gasteiger partial charge in [0.15, 0.2) is 0 Å². The molecule has 2 rings (SSSR count). The largest absolute Gasteiger partial charge is 0.495 e. The van der Waals surface area contributed by atoms with Gasteiger partial charge in [0.1, 0.15) is 5.75 Å². The zero-order valence-electron chi connectivity index (χ0n) is 9.02. The van der Waals surface area contributed by atoms with Crippen LogP contribution in [0.5, 0.6) is 5.75 Å². The summed E-state index contributed by atoms with van der Waals surface area (Å²) in [5, 5.41) is 7.91. The van der Waals surface area contributed by atoms with Gasteiger partial charge in [-0.25, -0.2) is 0 Å². The lowest BCUT2D eigenvalue weighted by Gasteiger charge is -2.26. The molecule has 1 aliphatic heterocycles. The van der Waals surface area contributed by atoms with E-state index in [4.69, 9.17) is 27.9 Å². The van der Waals surface area contributed by atoms with Crippen LogP contribution >= 0.6 is 23.2 Å². The highest BCUT2D eigenvalue weighted by Gasteiger charge is 2.20. The van der Waals surface area contributed by atoms with Crippen LogP contribution in [0.1, 0.15) is 11.6 Å². The maximum absolute atomic E-state index is 6.10. The highest BCUT2D eigenvalue weighted by atomic mass is 35.5. The number of piperazine rings is 1. The summed E-state index contributed by atoms with van der Waals surface area (Å²) in [6.45, 7) is 2.76. The smallest absolute Gasteiger partial charge is 0.142 e. The zero-order valence-corrected chi connectivity index (χ0v) is 10.5. The van der Waals surface area contributed by atoms with Crippen molar-refractivity contribution in [3.63, 3.8) is 0 Å². The van der Waals surface area contributed by atoms with Crippen molar-refractivity contribution in [1.29, 1.82) is 0 Å². The Labute approximate surface area is 105 Å². The predicted octanol–water partition coefficient (Wildman–Crippen LogP) is 2.24.